The van der Waals surface area contributed by atoms with Gasteiger partial charge in [0.1, 0.15) is 5.00 Å². The summed E-state index contributed by atoms with van der Waals surface area (Å²) in [5, 5.41) is 3.57. The number of carbonyl (C=O) groups is 1. The van der Waals surface area contributed by atoms with Gasteiger partial charge >= 0.3 is 0 Å². The van der Waals surface area contributed by atoms with E-state index in [9.17, 15) is 4.79 Å². The van der Waals surface area contributed by atoms with Crippen molar-refractivity contribution in [3.05, 3.63) is 41.9 Å². The zero-order valence-corrected chi connectivity index (χ0v) is 10.4. The Morgan fingerprint density at radius 2 is 2.28 bits per heavy atom. The van der Waals surface area contributed by atoms with Crippen molar-refractivity contribution in [3.63, 3.8) is 0 Å². The van der Waals surface area contributed by atoms with Crippen LogP contribution in [0.25, 0.3) is 11.0 Å². The molecule has 1 amide bonds. The van der Waals surface area contributed by atoms with E-state index < -0.39 is 0 Å². The van der Waals surface area contributed by atoms with Gasteiger partial charge in [-0.2, -0.15) is 4.37 Å². The predicted molar refractivity (Wildman–Crippen MR) is 70.9 cm³/mol. The van der Waals surface area contributed by atoms with Gasteiger partial charge in [0, 0.05) is 5.56 Å². The Morgan fingerprint density at radius 1 is 1.39 bits per heavy atom. The number of rotatable bonds is 2. The van der Waals surface area contributed by atoms with E-state index in [2.05, 4.69) is 19.7 Å². The number of aromatic nitrogens is 3. The van der Waals surface area contributed by atoms with Crippen molar-refractivity contribution in [2.24, 2.45) is 0 Å². The van der Waals surface area contributed by atoms with E-state index >= 15 is 0 Å². The molecule has 3 rings (SSSR count). The van der Waals surface area contributed by atoms with Gasteiger partial charge < -0.3 is 10.3 Å². The molecule has 0 aliphatic rings. The van der Waals surface area contributed by atoms with Crippen molar-refractivity contribution in [3.8, 4) is 0 Å². The van der Waals surface area contributed by atoms with Crippen LogP contribution in [-0.4, -0.2) is 20.2 Å². The molecule has 3 aromatic rings. The largest absolute Gasteiger partial charge is 0.345 e. The summed E-state index contributed by atoms with van der Waals surface area (Å²) in [7, 11) is 0. The fourth-order valence-corrected chi connectivity index (χ4v) is 2.34. The molecule has 18 heavy (non-hydrogen) atoms. The lowest BCUT2D eigenvalue weighted by atomic mass is 10.2. The van der Waals surface area contributed by atoms with Crippen LogP contribution in [0.15, 0.2) is 30.6 Å². The van der Waals surface area contributed by atoms with E-state index in [0.717, 1.165) is 21.7 Å². The van der Waals surface area contributed by atoms with E-state index in [0.29, 0.717) is 5.56 Å². The van der Waals surface area contributed by atoms with Crippen molar-refractivity contribution < 1.29 is 4.79 Å². The van der Waals surface area contributed by atoms with Gasteiger partial charge in [0.15, 0.2) is 0 Å². The molecule has 5 nitrogen and oxygen atoms in total. The van der Waals surface area contributed by atoms with E-state index in [4.69, 9.17) is 0 Å². The number of anilines is 1. The third-order valence-electron chi connectivity index (χ3n) is 2.55. The summed E-state index contributed by atoms with van der Waals surface area (Å²) in [5.74, 6) is -0.143. The molecule has 0 radical (unpaired) electrons. The predicted octanol–water partition coefficient (Wildman–Crippen LogP) is 2.58. The van der Waals surface area contributed by atoms with Crippen molar-refractivity contribution in [2.75, 3.05) is 5.32 Å². The van der Waals surface area contributed by atoms with E-state index in [1.807, 2.05) is 19.1 Å². The van der Waals surface area contributed by atoms with Gasteiger partial charge in [-0.25, -0.2) is 4.98 Å². The molecular formula is C12H10N4OS. The van der Waals surface area contributed by atoms with Gasteiger partial charge in [0.05, 0.1) is 23.1 Å². The van der Waals surface area contributed by atoms with Crippen LogP contribution in [0.2, 0.25) is 0 Å². The standard InChI is InChI=1S/C12H10N4OS/c1-7-4-11(18-16-7)15-12(17)8-2-3-9-10(5-8)14-6-13-9/h2-6H,1H3,(H,13,14)(H,15,17). The summed E-state index contributed by atoms with van der Waals surface area (Å²) in [4.78, 5) is 19.1. The third-order valence-corrected chi connectivity index (χ3v) is 3.34. The maximum Gasteiger partial charge on any atom is 0.256 e. The van der Waals surface area contributed by atoms with Crippen molar-refractivity contribution >= 4 is 33.5 Å². The highest BCUT2D eigenvalue weighted by atomic mass is 32.1. The summed E-state index contributed by atoms with van der Waals surface area (Å²) < 4.78 is 4.12. The second kappa shape index (κ2) is 4.23. The van der Waals surface area contributed by atoms with Gasteiger partial charge in [-0.3, -0.25) is 4.79 Å². The molecule has 0 saturated carbocycles. The topological polar surface area (TPSA) is 70.7 Å². The minimum Gasteiger partial charge on any atom is -0.345 e. The first kappa shape index (κ1) is 10.9. The first-order chi connectivity index (χ1) is 8.72. The molecule has 0 spiro atoms. The molecule has 0 bridgehead atoms. The number of imidazole rings is 1. The number of hydrogen-bond donors (Lipinski definition) is 2. The van der Waals surface area contributed by atoms with Crippen molar-refractivity contribution in [1.82, 2.24) is 14.3 Å². The highest BCUT2D eigenvalue weighted by Gasteiger charge is 2.09. The van der Waals surface area contributed by atoms with Crippen molar-refractivity contribution in [1.29, 1.82) is 0 Å². The van der Waals surface area contributed by atoms with E-state index in [-0.39, 0.29) is 5.91 Å². The highest BCUT2D eigenvalue weighted by molar-refractivity contribution is 7.10. The molecule has 0 aliphatic carbocycles. The Morgan fingerprint density at radius 3 is 3.06 bits per heavy atom. The minimum absolute atomic E-state index is 0.143. The summed E-state index contributed by atoms with van der Waals surface area (Å²) in [5.41, 5.74) is 3.19. The zero-order chi connectivity index (χ0) is 12.5. The number of carbonyl (C=O) groups excluding carboxylic acids is 1. The van der Waals surface area contributed by atoms with E-state index in [1.165, 1.54) is 11.5 Å². The van der Waals surface area contributed by atoms with Crippen LogP contribution in [0.5, 0.6) is 0 Å². The second-order valence-corrected chi connectivity index (χ2v) is 4.73. The number of hydrogen-bond acceptors (Lipinski definition) is 4. The summed E-state index contributed by atoms with van der Waals surface area (Å²) >= 11 is 1.28. The molecule has 1 aromatic carbocycles. The Labute approximate surface area is 107 Å². The molecule has 2 N–H and O–H groups in total. The molecule has 0 fully saturated rings. The lowest BCUT2D eigenvalue weighted by Gasteiger charge is -2.01. The number of aryl methyl sites for hydroxylation is 1. The molecule has 0 unspecified atom stereocenters. The molecular weight excluding hydrogens is 248 g/mol. The normalized spacial score (nSPS) is 10.7. The molecule has 2 heterocycles. The molecule has 0 saturated heterocycles. The Kier molecular flexibility index (Phi) is 2.56. The van der Waals surface area contributed by atoms with Crippen LogP contribution in [0.4, 0.5) is 5.00 Å². The fraction of sp³-hybridized carbons (Fsp3) is 0.0833. The molecule has 2 aromatic heterocycles. The van der Waals surface area contributed by atoms with Crippen LogP contribution in [-0.2, 0) is 0 Å². The van der Waals surface area contributed by atoms with Crippen LogP contribution >= 0.6 is 11.5 Å². The average Bonchev–Trinajstić information content (AvgIpc) is 2.96. The molecule has 0 atom stereocenters. The molecule has 6 heteroatoms. The number of aromatic amines is 1. The van der Waals surface area contributed by atoms with E-state index in [1.54, 1.807) is 18.5 Å². The minimum atomic E-state index is -0.143. The number of fused-ring (bicyclic) bond motifs is 1. The first-order valence-corrected chi connectivity index (χ1v) is 6.17. The van der Waals surface area contributed by atoms with Crippen LogP contribution < -0.4 is 5.32 Å². The number of H-pyrrole nitrogens is 1. The summed E-state index contributed by atoms with van der Waals surface area (Å²) in [6.07, 6.45) is 1.61. The smallest absolute Gasteiger partial charge is 0.256 e. The lowest BCUT2D eigenvalue weighted by molar-refractivity contribution is 0.102. The van der Waals surface area contributed by atoms with Crippen LogP contribution in [0, 0.1) is 6.92 Å². The van der Waals surface area contributed by atoms with Crippen LogP contribution in [0.3, 0.4) is 0 Å². The lowest BCUT2D eigenvalue weighted by Crippen LogP contribution is -2.10. The fourth-order valence-electron chi connectivity index (χ4n) is 1.68. The SMILES string of the molecule is Cc1cc(NC(=O)c2ccc3nc[nH]c3c2)sn1. The quantitative estimate of drug-likeness (QED) is 0.742. The number of benzene rings is 1. The Bertz CT molecular complexity index is 716. The highest BCUT2D eigenvalue weighted by Crippen LogP contribution is 2.18. The second-order valence-electron chi connectivity index (χ2n) is 3.92. The van der Waals surface area contributed by atoms with Gasteiger partial charge in [-0.15, -0.1) is 0 Å². The maximum absolute atomic E-state index is 12.0. The molecule has 0 aliphatic heterocycles. The first-order valence-electron chi connectivity index (χ1n) is 5.40. The number of nitrogens with zero attached hydrogens (tertiary/aromatic N) is 2. The van der Waals surface area contributed by atoms with Crippen molar-refractivity contribution in [2.45, 2.75) is 6.92 Å². The Balaban J connectivity index is 1.87. The monoisotopic (exact) mass is 258 g/mol. The van der Waals surface area contributed by atoms with Crippen LogP contribution in [0.1, 0.15) is 16.1 Å². The zero-order valence-electron chi connectivity index (χ0n) is 9.60. The number of amides is 1. The average molecular weight is 258 g/mol. The number of nitrogens with one attached hydrogen (secondary N) is 2. The van der Waals surface area contributed by atoms with Gasteiger partial charge in [-0.05, 0) is 42.7 Å². The van der Waals surface area contributed by atoms with Gasteiger partial charge in [0.25, 0.3) is 5.91 Å². The summed E-state index contributed by atoms with van der Waals surface area (Å²) in [6.45, 7) is 1.89. The van der Waals surface area contributed by atoms with Gasteiger partial charge in [-0.1, -0.05) is 0 Å². The molecule has 90 valence electrons. The maximum atomic E-state index is 12.0. The Hall–Kier alpha value is -2.21. The van der Waals surface area contributed by atoms with Gasteiger partial charge in [0.2, 0.25) is 0 Å². The third kappa shape index (κ3) is 1.98. The summed E-state index contributed by atoms with van der Waals surface area (Å²) in [6, 6.07) is 7.20.